The summed E-state index contributed by atoms with van der Waals surface area (Å²) in [4.78, 5) is 6.65. The Bertz CT molecular complexity index is 282. The molecular formula is C13H23N3. The van der Waals surface area contributed by atoms with E-state index in [4.69, 9.17) is 0 Å². The molecule has 1 rings (SSSR count). The Morgan fingerprint density at radius 3 is 2.62 bits per heavy atom. The van der Waals surface area contributed by atoms with Crippen molar-refractivity contribution in [1.29, 1.82) is 0 Å². The van der Waals surface area contributed by atoms with Crippen LogP contribution in [0.2, 0.25) is 0 Å². The summed E-state index contributed by atoms with van der Waals surface area (Å²) in [6.45, 7) is 7.39. The average Bonchev–Trinajstić information content (AvgIpc) is 2.30. The molecule has 90 valence electrons. The lowest BCUT2D eigenvalue weighted by Gasteiger charge is -2.17. The number of anilines is 1. The van der Waals surface area contributed by atoms with E-state index in [9.17, 15) is 0 Å². The highest BCUT2D eigenvalue weighted by Gasteiger charge is 2.00. The Balaban J connectivity index is 2.47. The number of aromatic nitrogens is 1. The Morgan fingerprint density at radius 2 is 2.06 bits per heavy atom. The first kappa shape index (κ1) is 13.0. The molecule has 0 radical (unpaired) electrons. The molecule has 0 aromatic carbocycles. The number of nitrogens with zero attached hydrogens (tertiary/aromatic N) is 2. The zero-order valence-electron chi connectivity index (χ0n) is 10.7. The van der Waals surface area contributed by atoms with Crippen LogP contribution in [0.15, 0.2) is 18.3 Å². The van der Waals surface area contributed by atoms with Crippen LogP contribution >= 0.6 is 0 Å². The monoisotopic (exact) mass is 221 g/mol. The van der Waals surface area contributed by atoms with E-state index in [1.54, 1.807) is 0 Å². The molecule has 0 saturated carbocycles. The minimum Gasteiger partial charge on any atom is -0.360 e. The fraction of sp³-hybridized carbons (Fsp3) is 0.615. The fourth-order valence-corrected chi connectivity index (χ4v) is 1.61. The highest BCUT2D eigenvalue weighted by Crippen LogP contribution is 2.09. The van der Waals surface area contributed by atoms with Gasteiger partial charge in [0.1, 0.15) is 5.82 Å². The molecule has 0 amide bonds. The van der Waals surface area contributed by atoms with E-state index in [1.807, 2.05) is 6.20 Å². The molecule has 0 aliphatic carbocycles. The van der Waals surface area contributed by atoms with E-state index < -0.39 is 0 Å². The van der Waals surface area contributed by atoms with E-state index >= 15 is 0 Å². The molecule has 0 aliphatic heterocycles. The van der Waals surface area contributed by atoms with Crippen LogP contribution in [0.4, 0.5) is 5.82 Å². The summed E-state index contributed by atoms with van der Waals surface area (Å²) in [6.07, 6.45) is 4.28. The lowest BCUT2D eigenvalue weighted by Crippen LogP contribution is -2.19. The topological polar surface area (TPSA) is 28.2 Å². The van der Waals surface area contributed by atoms with Crippen LogP contribution in [-0.2, 0) is 6.54 Å². The quantitative estimate of drug-likeness (QED) is 0.717. The first-order chi connectivity index (χ1) is 7.77. The van der Waals surface area contributed by atoms with E-state index in [0.717, 1.165) is 31.9 Å². The largest absolute Gasteiger partial charge is 0.360 e. The van der Waals surface area contributed by atoms with E-state index in [2.05, 4.69) is 48.2 Å². The van der Waals surface area contributed by atoms with Gasteiger partial charge in [-0.3, -0.25) is 0 Å². The van der Waals surface area contributed by atoms with Gasteiger partial charge in [-0.15, -0.1) is 0 Å². The van der Waals surface area contributed by atoms with Crippen molar-refractivity contribution in [3.05, 3.63) is 23.9 Å². The Labute approximate surface area is 98.9 Å². The third-order valence-electron chi connectivity index (χ3n) is 2.52. The maximum absolute atomic E-state index is 4.46. The van der Waals surface area contributed by atoms with Gasteiger partial charge < -0.3 is 10.2 Å². The summed E-state index contributed by atoms with van der Waals surface area (Å²) >= 11 is 0. The SMILES string of the molecule is CCCNCc1ccc(N(C)CCC)nc1. The maximum atomic E-state index is 4.46. The van der Waals surface area contributed by atoms with Gasteiger partial charge in [-0.05, 0) is 31.0 Å². The molecule has 1 heterocycles. The third-order valence-corrected chi connectivity index (χ3v) is 2.52. The first-order valence-corrected chi connectivity index (χ1v) is 6.14. The standard InChI is InChI=1S/C13H23N3/c1-4-8-14-10-12-6-7-13(15-11-12)16(3)9-5-2/h6-7,11,14H,4-5,8-10H2,1-3H3. The Hall–Kier alpha value is -1.09. The molecule has 0 bridgehead atoms. The summed E-state index contributed by atoms with van der Waals surface area (Å²) < 4.78 is 0. The van der Waals surface area contributed by atoms with Gasteiger partial charge in [0, 0.05) is 26.3 Å². The maximum Gasteiger partial charge on any atom is 0.128 e. The van der Waals surface area contributed by atoms with Crippen LogP contribution in [0.5, 0.6) is 0 Å². The molecular weight excluding hydrogens is 198 g/mol. The third kappa shape index (κ3) is 4.19. The van der Waals surface area contributed by atoms with E-state index in [0.29, 0.717) is 0 Å². The number of pyridine rings is 1. The van der Waals surface area contributed by atoms with Crippen LogP contribution in [0.25, 0.3) is 0 Å². The van der Waals surface area contributed by atoms with Gasteiger partial charge in [0.2, 0.25) is 0 Å². The molecule has 1 N–H and O–H groups in total. The molecule has 3 nitrogen and oxygen atoms in total. The van der Waals surface area contributed by atoms with E-state index in [-0.39, 0.29) is 0 Å². The van der Waals surface area contributed by atoms with Gasteiger partial charge >= 0.3 is 0 Å². The second-order valence-corrected chi connectivity index (χ2v) is 4.12. The molecule has 0 fully saturated rings. The summed E-state index contributed by atoms with van der Waals surface area (Å²) in [5, 5.41) is 3.37. The first-order valence-electron chi connectivity index (χ1n) is 6.14. The Kier molecular flexibility index (Phi) is 5.86. The van der Waals surface area contributed by atoms with Crippen molar-refractivity contribution in [3.63, 3.8) is 0 Å². The second-order valence-electron chi connectivity index (χ2n) is 4.12. The average molecular weight is 221 g/mol. The molecule has 3 heteroatoms. The van der Waals surface area contributed by atoms with Gasteiger partial charge in [-0.25, -0.2) is 4.98 Å². The van der Waals surface area contributed by atoms with Crippen molar-refractivity contribution < 1.29 is 0 Å². The van der Waals surface area contributed by atoms with Gasteiger partial charge in [0.15, 0.2) is 0 Å². The fourth-order valence-electron chi connectivity index (χ4n) is 1.61. The van der Waals surface area contributed by atoms with Gasteiger partial charge in [0.05, 0.1) is 0 Å². The lowest BCUT2D eigenvalue weighted by molar-refractivity contribution is 0.673. The van der Waals surface area contributed by atoms with Gasteiger partial charge in [-0.2, -0.15) is 0 Å². The second kappa shape index (κ2) is 7.23. The van der Waals surface area contributed by atoms with Crippen molar-refractivity contribution in [1.82, 2.24) is 10.3 Å². The molecule has 0 spiro atoms. The molecule has 0 aliphatic rings. The molecule has 16 heavy (non-hydrogen) atoms. The zero-order valence-corrected chi connectivity index (χ0v) is 10.7. The van der Waals surface area contributed by atoms with Gasteiger partial charge in [-0.1, -0.05) is 19.9 Å². The van der Waals surface area contributed by atoms with Crippen LogP contribution < -0.4 is 10.2 Å². The van der Waals surface area contributed by atoms with Crippen LogP contribution in [-0.4, -0.2) is 25.1 Å². The molecule has 1 aromatic rings. The summed E-state index contributed by atoms with van der Waals surface area (Å²) in [6, 6.07) is 4.25. The molecule has 0 atom stereocenters. The predicted molar refractivity (Wildman–Crippen MR) is 69.8 cm³/mol. The minimum absolute atomic E-state index is 0.915. The van der Waals surface area contributed by atoms with Crippen molar-refractivity contribution in [2.75, 3.05) is 25.0 Å². The Morgan fingerprint density at radius 1 is 1.25 bits per heavy atom. The number of hydrogen-bond donors (Lipinski definition) is 1. The predicted octanol–water partition coefficient (Wildman–Crippen LogP) is 2.43. The van der Waals surface area contributed by atoms with Gasteiger partial charge in [0.25, 0.3) is 0 Å². The summed E-state index contributed by atoms with van der Waals surface area (Å²) in [5.74, 6) is 1.06. The minimum atomic E-state index is 0.915. The highest BCUT2D eigenvalue weighted by atomic mass is 15.2. The number of rotatable bonds is 7. The van der Waals surface area contributed by atoms with Crippen LogP contribution in [0.3, 0.4) is 0 Å². The van der Waals surface area contributed by atoms with E-state index in [1.165, 1.54) is 12.0 Å². The number of hydrogen-bond acceptors (Lipinski definition) is 3. The number of nitrogens with one attached hydrogen (secondary N) is 1. The summed E-state index contributed by atoms with van der Waals surface area (Å²) in [5.41, 5.74) is 1.25. The molecule has 0 unspecified atom stereocenters. The molecule has 1 aromatic heterocycles. The normalized spacial score (nSPS) is 10.4. The molecule has 0 saturated heterocycles. The van der Waals surface area contributed by atoms with Crippen LogP contribution in [0.1, 0.15) is 32.3 Å². The van der Waals surface area contributed by atoms with Crippen molar-refractivity contribution in [2.45, 2.75) is 33.2 Å². The zero-order chi connectivity index (χ0) is 11.8. The smallest absolute Gasteiger partial charge is 0.128 e. The van der Waals surface area contributed by atoms with Crippen molar-refractivity contribution in [3.8, 4) is 0 Å². The van der Waals surface area contributed by atoms with Crippen molar-refractivity contribution in [2.24, 2.45) is 0 Å². The van der Waals surface area contributed by atoms with Crippen molar-refractivity contribution >= 4 is 5.82 Å². The highest BCUT2D eigenvalue weighted by molar-refractivity contribution is 5.38. The summed E-state index contributed by atoms with van der Waals surface area (Å²) in [7, 11) is 2.08. The van der Waals surface area contributed by atoms with Crippen LogP contribution in [0, 0.1) is 0 Å². The lowest BCUT2D eigenvalue weighted by atomic mass is 10.2.